The van der Waals surface area contributed by atoms with Crippen LogP contribution < -0.4 is 4.90 Å². The number of hydrogen-bond donors (Lipinski definition) is 0. The fraction of sp³-hybridized carbons (Fsp3) is 0.375. The molecule has 1 aliphatic rings. The molecule has 2 aromatic rings. The Labute approximate surface area is 135 Å². The van der Waals surface area contributed by atoms with Crippen LogP contribution in [0.1, 0.15) is 17.3 Å². The summed E-state index contributed by atoms with van der Waals surface area (Å²) in [5.74, 6) is 1.03. The van der Waals surface area contributed by atoms with Gasteiger partial charge in [-0.2, -0.15) is 0 Å². The van der Waals surface area contributed by atoms with Gasteiger partial charge >= 0.3 is 0 Å². The molecule has 5 nitrogen and oxygen atoms in total. The summed E-state index contributed by atoms with van der Waals surface area (Å²) in [4.78, 5) is 21.0. The molecule has 6 heteroatoms. The average Bonchev–Trinajstić information content (AvgIpc) is 3.03. The van der Waals surface area contributed by atoms with Gasteiger partial charge in [0.05, 0.1) is 0 Å². The number of carbonyl (C=O) groups is 1. The smallest absolute Gasteiger partial charge is 0.254 e. The minimum absolute atomic E-state index is 0.0426. The zero-order chi connectivity index (χ0) is 15.5. The molecule has 2 heterocycles. The van der Waals surface area contributed by atoms with Crippen LogP contribution in [0.15, 0.2) is 36.7 Å². The van der Waals surface area contributed by atoms with Crippen LogP contribution in [0.25, 0.3) is 0 Å². The molecule has 1 fully saturated rings. The van der Waals surface area contributed by atoms with Gasteiger partial charge in [-0.1, -0.05) is 17.7 Å². The quantitative estimate of drug-likeness (QED) is 0.873. The summed E-state index contributed by atoms with van der Waals surface area (Å²) in [6, 6.07) is 7.12. The van der Waals surface area contributed by atoms with Gasteiger partial charge in [-0.05, 0) is 25.1 Å². The van der Waals surface area contributed by atoms with E-state index in [0.717, 1.165) is 25.6 Å². The van der Waals surface area contributed by atoms with Crippen molar-refractivity contribution in [3.05, 3.63) is 47.2 Å². The summed E-state index contributed by atoms with van der Waals surface area (Å²) in [5.41, 5.74) is 0.649. The molecule has 1 aliphatic heterocycles. The summed E-state index contributed by atoms with van der Waals surface area (Å²) in [7, 11) is 0. The summed E-state index contributed by atoms with van der Waals surface area (Å²) >= 11 is 5.96. The van der Waals surface area contributed by atoms with Crippen LogP contribution in [0.5, 0.6) is 0 Å². The molecule has 1 amide bonds. The van der Waals surface area contributed by atoms with E-state index in [9.17, 15) is 4.79 Å². The first-order valence-electron chi connectivity index (χ1n) is 7.50. The Morgan fingerprint density at radius 3 is 2.73 bits per heavy atom. The number of halogens is 1. The molecule has 0 bridgehead atoms. The van der Waals surface area contributed by atoms with E-state index in [4.69, 9.17) is 11.6 Å². The third-order valence-corrected chi connectivity index (χ3v) is 4.19. The third kappa shape index (κ3) is 2.95. The van der Waals surface area contributed by atoms with E-state index < -0.39 is 0 Å². The molecule has 116 valence electrons. The molecule has 0 radical (unpaired) electrons. The van der Waals surface area contributed by atoms with Crippen LogP contribution in [0.4, 0.5) is 5.95 Å². The van der Waals surface area contributed by atoms with E-state index in [1.807, 2.05) is 29.4 Å². The lowest BCUT2D eigenvalue weighted by Gasteiger charge is -2.35. The molecule has 1 aromatic carbocycles. The van der Waals surface area contributed by atoms with E-state index in [1.54, 1.807) is 12.1 Å². The Bertz CT molecular complexity index is 662. The predicted molar refractivity (Wildman–Crippen MR) is 87.5 cm³/mol. The van der Waals surface area contributed by atoms with E-state index in [1.165, 1.54) is 0 Å². The summed E-state index contributed by atoms with van der Waals surface area (Å²) in [6.45, 7) is 5.98. The van der Waals surface area contributed by atoms with Gasteiger partial charge in [-0.3, -0.25) is 4.79 Å². The summed E-state index contributed by atoms with van der Waals surface area (Å²) in [6.07, 6.45) is 3.81. The molecule has 0 N–H and O–H groups in total. The van der Waals surface area contributed by atoms with E-state index in [2.05, 4.69) is 21.4 Å². The molecule has 22 heavy (non-hydrogen) atoms. The summed E-state index contributed by atoms with van der Waals surface area (Å²) in [5, 5.41) is 0.592. The van der Waals surface area contributed by atoms with Crippen LogP contribution in [0.3, 0.4) is 0 Å². The van der Waals surface area contributed by atoms with Crippen molar-refractivity contribution in [3.8, 4) is 0 Å². The zero-order valence-electron chi connectivity index (χ0n) is 12.6. The number of hydrogen-bond acceptors (Lipinski definition) is 3. The highest BCUT2D eigenvalue weighted by Crippen LogP contribution is 2.17. The van der Waals surface area contributed by atoms with Crippen molar-refractivity contribution in [3.63, 3.8) is 0 Å². The normalized spacial score (nSPS) is 15.2. The van der Waals surface area contributed by atoms with E-state index in [0.29, 0.717) is 23.7 Å². The van der Waals surface area contributed by atoms with Gasteiger partial charge in [0.25, 0.3) is 5.91 Å². The van der Waals surface area contributed by atoms with Crippen molar-refractivity contribution >= 4 is 23.5 Å². The maximum absolute atomic E-state index is 12.5. The fourth-order valence-corrected chi connectivity index (χ4v) is 2.94. The lowest BCUT2D eigenvalue weighted by Crippen LogP contribution is -2.49. The van der Waals surface area contributed by atoms with Crippen molar-refractivity contribution < 1.29 is 4.79 Å². The van der Waals surface area contributed by atoms with E-state index >= 15 is 0 Å². The average molecular weight is 319 g/mol. The van der Waals surface area contributed by atoms with Crippen LogP contribution in [-0.2, 0) is 6.54 Å². The molecule has 0 unspecified atom stereocenters. The molecule has 0 aliphatic carbocycles. The lowest BCUT2D eigenvalue weighted by molar-refractivity contribution is 0.0746. The fourth-order valence-electron chi connectivity index (χ4n) is 2.75. The largest absolute Gasteiger partial charge is 0.339 e. The molecular weight excluding hydrogens is 300 g/mol. The van der Waals surface area contributed by atoms with E-state index in [-0.39, 0.29) is 5.91 Å². The van der Waals surface area contributed by atoms with Crippen LogP contribution in [0, 0.1) is 0 Å². The summed E-state index contributed by atoms with van der Waals surface area (Å²) < 4.78 is 2.12. The number of imidazole rings is 1. The second kappa shape index (κ2) is 6.40. The van der Waals surface area contributed by atoms with Gasteiger partial charge in [0, 0.05) is 55.7 Å². The van der Waals surface area contributed by atoms with Gasteiger partial charge < -0.3 is 14.4 Å². The lowest BCUT2D eigenvalue weighted by atomic mass is 10.2. The first-order chi connectivity index (χ1) is 10.7. The number of benzene rings is 1. The van der Waals surface area contributed by atoms with Gasteiger partial charge in [-0.15, -0.1) is 0 Å². The Morgan fingerprint density at radius 2 is 2.05 bits per heavy atom. The van der Waals surface area contributed by atoms with Crippen LogP contribution in [-0.4, -0.2) is 46.5 Å². The molecule has 3 rings (SSSR count). The van der Waals surface area contributed by atoms with Crippen molar-refractivity contribution in [2.75, 3.05) is 31.1 Å². The SMILES string of the molecule is CCn1ccnc1N1CCN(C(=O)c2cccc(Cl)c2)CC1. The van der Waals surface area contributed by atoms with Gasteiger partial charge in [0.15, 0.2) is 0 Å². The van der Waals surface area contributed by atoms with Crippen molar-refractivity contribution in [2.45, 2.75) is 13.5 Å². The molecule has 0 spiro atoms. The predicted octanol–water partition coefficient (Wildman–Crippen LogP) is 2.52. The maximum Gasteiger partial charge on any atom is 0.254 e. The Balaban J connectivity index is 1.65. The van der Waals surface area contributed by atoms with Gasteiger partial charge in [0.1, 0.15) is 0 Å². The highest BCUT2D eigenvalue weighted by atomic mass is 35.5. The first kappa shape index (κ1) is 14.9. The number of piperazine rings is 1. The highest BCUT2D eigenvalue weighted by Gasteiger charge is 2.24. The Hall–Kier alpha value is -2.01. The van der Waals surface area contributed by atoms with Gasteiger partial charge in [-0.25, -0.2) is 4.98 Å². The molecule has 1 saturated heterocycles. The second-order valence-electron chi connectivity index (χ2n) is 5.30. The van der Waals surface area contributed by atoms with Crippen molar-refractivity contribution in [1.82, 2.24) is 14.5 Å². The standard InChI is InChI=1S/C16H19ClN4O/c1-2-19-7-6-18-16(19)21-10-8-20(9-11-21)15(22)13-4-3-5-14(17)12-13/h3-7,12H,2,8-11H2,1H3. The van der Waals surface area contributed by atoms with Gasteiger partial charge in [0.2, 0.25) is 5.95 Å². The maximum atomic E-state index is 12.5. The number of aryl methyl sites for hydroxylation is 1. The van der Waals surface area contributed by atoms with Crippen molar-refractivity contribution in [2.24, 2.45) is 0 Å². The highest BCUT2D eigenvalue weighted by molar-refractivity contribution is 6.30. The number of amides is 1. The Morgan fingerprint density at radius 1 is 1.27 bits per heavy atom. The molecule has 0 atom stereocenters. The monoisotopic (exact) mass is 318 g/mol. The minimum atomic E-state index is 0.0426. The molecule has 0 saturated carbocycles. The van der Waals surface area contributed by atoms with Crippen LogP contribution in [0.2, 0.25) is 5.02 Å². The first-order valence-corrected chi connectivity index (χ1v) is 7.87. The number of aromatic nitrogens is 2. The number of rotatable bonds is 3. The number of anilines is 1. The molecule has 1 aromatic heterocycles. The zero-order valence-corrected chi connectivity index (χ0v) is 13.3. The van der Waals surface area contributed by atoms with Crippen molar-refractivity contribution in [1.29, 1.82) is 0 Å². The number of nitrogens with zero attached hydrogens (tertiary/aromatic N) is 4. The topological polar surface area (TPSA) is 41.4 Å². The Kier molecular flexibility index (Phi) is 4.34. The molecular formula is C16H19ClN4O. The van der Waals surface area contributed by atoms with Crippen LogP contribution >= 0.6 is 11.6 Å². The minimum Gasteiger partial charge on any atom is -0.339 e. The number of carbonyl (C=O) groups excluding carboxylic acids is 1. The second-order valence-corrected chi connectivity index (χ2v) is 5.74. The third-order valence-electron chi connectivity index (χ3n) is 3.96.